The summed E-state index contributed by atoms with van der Waals surface area (Å²) in [5.41, 5.74) is -1.85. The second-order valence-electron chi connectivity index (χ2n) is 4.83. The number of sulfonamides is 3. The minimum absolute atomic E-state index is 0.0233. The number of nitrogens with two attached hydrogens (primary N) is 1. The van der Waals surface area contributed by atoms with E-state index in [-0.39, 0.29) is 9.27 Å². The molecular weight excluding hydrogens is 397 g/mol. The normalized spacial score (nSPS) is 14.1. The molecule has 0 amide bonds. The number of rotatable bonds is 5. The van der Waals surface area contributed by atoms with Crippen molar-refractivity contribution in [2.24, 2.45) is 5.14 Å². The van der Waals surface area contributed by atoms with Gasteiger partial charge in [-0.1, -0.05) is 9.78 Å². The number of primary sulfonamides is 1. The number of hydrogen-bond donors (Lipinski definition) is 1. The van der Waals surface area contributed by atoms with Gasteiger partial charge in [-0.25, -0.2) is 30.4 Å². The zero-order valence-electron chi connectivity index (χ0n) is 12.3. The Morgan fingerprint density at radius 2 is 1.46 bits per heavy atom. The lowest BCUT2D eigenvalue weighted by atomic mass is 10.1. The van der Waals surface area contributed by atoms with Gasteiger partial charge < -0.3 is 0 Å². The van der Waals surface area contributed by atoms with Gasteiger partial charge in [0.15, 0.2) is 0 Å². The van der Waals surface area contributed by atoms with Crippen molar-refractivity contribution in [1.29, 1.82) is 0 Å². The summed E-state index contributed by atoms with van der Waals surface area (Å²) in [5.74, 6) is 0. The van der Waals surface area contributed by atoms with Crippen LogP contribution in [0.2, 0.25) is 0 Å². The average molecular weight is 410 g/mol. The third kappa shape index (κ3) is 5.14. The monoisotopic (exact) mass is 410 g/mol. The van der Waals surface area contributed by atoms with E-state index >= 15 is 0 Å². The molecule has 0 aliphatic carbocycles. The van der Waals surface area contributed by atoms with Gasteiger partial charge in [0.05, 0.1) is 29.5 Å². The van der Waals surface area contributed by atoms with Crippen LogP contribution >= 0.6 is 0 Å². The molecule has 0 aliphatic rings. The highest BCUT2D eigenvalue weighted by Crippen LogP contribution is 2.34. The maximum absolute atomic E-state index is 12.8. The molecular formula is C10H13F3N2O6S3. The Balaban J connectivity index is 3.54. The lowest BCUT2D eigenvalue weighted by Gasteiger charge is -2.19. The fraction of sp³-hybridized carbons (Fsp3) is 0.400. The molecule has 0 saturated carbocycles. The molecule has 0 unspecified atom stereocenters. The number of benzene rings is 1. The highest BCUT2D eigenvalue weighted by Gasteiger charge is 2.37. The van der Waals surface area contributed by atoms with Crippen LogP contribution in [-0.4, -0.2) is 41.5 Å². The SMILES string of the molecule is CS(=O)(=O)N(Cc1ccc(C(F)(F)F)c(S(N)(=O)=O)c1)S(C)(=O)=O. The summed E-state index contributed by atoms with van der Waals surface area (Å²) in [6, 6.07) is 1.64. The van der Waals surface area contributed by atoms with Gasteiger partial charge in [0.2, 0.25) is 30.1 Å². The Bertz CT molecular complexity index is 920. The molecule has 0 aromatic heterocycles. The minimum atomic E-state index is -5.02. The van der Waals surface area contributed by atoms with Gasteiger partial charge in [-0.15, -0.1) is 0 Å². The second kappa shape index (κ2) is 6.25. The third-order valence-corrected chi connectivity index (χ3v) is 7.02. The predicted octanol–water partition coefficient (Wildman–Crippen LogP) is 0.0740. The van der Waals surface area contributed by atoms with E-state index in [0.29, 0.717) is 24.6 Å². The molecule has 0 aliphatic heterocycles. The summed E-state index contributed by atoms with van der Waals surface area (Å²) in [4.78, 5) is -1.28. The molecule has 138 valence electrons. The van der Waals surface area contributed by atoms with Gasteiger partial charge in [-0.05, 0) is 17.7 Å². The standard InChI is InChI=1S/C10H13F3N2O6S3/c1-22(16,17)15(23(2,18)19)6-7-3-4-8(10(11,12)13)9(5-7)24(14,20)21/h3-5H,6H2,1-2H3,(H2,14,20,21). The van der Waals surface area contributed by atoms with E-state index in [0.717, 1.165) is 6.07 Å². The van der Waals surface area contributed by atoms with Gasteiger partial charge in [-0.3, -0.25) is 0 Å². The van der Waals surface area contributed by atoms with Crippen molar-refractivity contribution in [3.8, 4) is 0 Å². The van der Waals surface area contributed by atoms with Gasteiger partial charge in [0.25, 0.3) is 0 Å². The molecule has 1 aromatic rings. The smallest absolute Gasteiger partial charge is 0.225 e. The maximum atomic E-state index is 12.8. The molecule has 0 heterocycles. The minimum Gasteiger partial charge on any atom is -0.225 e. The van der Waals surface area contributed by atoms with Gasteiger partial charge in [0, 0.05) is 0 Å². The number of hydrogen-bond acceptors (Lipinski definition) is 6. The van der Waals surface area contributed by atoms with Crippen LogP contribution in [0.4, 0.5) is 13.2 Å². The van der Waals surface area contributed by atoms with E-state index in [1.165, 1.54) is 0 Å². The summed E-state index contributed by atoms with van der Waals surface area (Å²) in [5, 5.41) is 4.75. The van der Waals surface area contributed by atoms with Crippen LogP contribution < -0.4 is 5.14 Å². The molecule has 0 bridgehead atoms. The Morgan fingerprint density at radius 1 is 1.00 bits per heavy atom. The quantitative estimate of drug-likeness (QED) is 0.731. The van der Waals surface area contributed by atoms with E-state index < -0.39 is 53.2 Å². The first-order chi connectivity index (χ1) is 10.4. The molecule has 0 fully saturated rings. The zero-order chi connectivity index (χ0) is 19.1. The van der Waals surface area contributed by atoms with Crippen molar-refractivity contribution in [1.82, 2.24) is 3.71 Å². The summed E-state index contributed by atoms with van der Waals surface area (Å²) in [7, 11) is -13.3. The van der Waals surface area contributed by atoms with Crippen LogP contribution in [0.5, 0.6) is 0 Å². The first-order valence-electron chi connectivity index (χ1n) is 5.85. The highest BCUT2D eigenvalue weighted by atomic mass is 32.3. The molecule has 2 N–H and O–H groups in total. The Hall–Kier alpha value is -1.22. The Labute approximate surface area is 137 Å². The third-order valence-electron chi connectivity index (χ3n) is 2.71. The first kappa shape index (κ1) is 20.8. The highest BCUT2D eigenvalue weighted by molar-refractivity contribution is 8.03. The molecule has 24 heavy (non-hydrogen) atoms. The molecule has 0 spiro atoms. The number of halogens is 3. The molecule has 1 aromatic carbocycles. The summed E-state index contributed by atoms with van der Waals surface area (Å²) in [6.07, 6.45) is -3.86. The average Bonchev–Trinajstić information content (AvgIpc) is 2.30. The van der Waals surface area contributed by atoms with E-state index in [4.69, 9.17) is 5.14 Å². The molecule has 14 heteroatoms. The summed E-state index contributed by atoms with van der Waals surface area (Å²) in [6.45, 7) is -0.877. The van der Waals surface area contributed by atoms with E-state index in [1.807, 2.05) is 0 Å². The molecule has 8 nitrogen and oxygen atoms in total. The lowest BCUT2D eigenvalue weighted by molar-refractivity contribution is -0.139. The van der Waals surface area contributed by atoms with Crippen molar-refractivity contribution in [3.63, 3.8) is 0 Å². The van der Waals surface area contributed by atoms with Gasteiger partial charge >= 0.3 is 6.18 Å². The van der Waals surface area contributed by atoms with Gasteiger partial charge in [-0.2, -0.15) is 13.2 Å². The van der Waals surface area contributed by atoms with E-state index in [1.54, 1.807) is 0 Å². The predicted molar refractivity (Wildman–Crippen MR) is 78.0 cm³/mol. The number of nitrogens with zero attached hydrogens (tertiary/aromatic N) is 1. The van der Waals surface area contributed by atoms with Crippen molar-refractivity contribution in [3.05, 3.63) is 29.3 Å². The van der Waals surface area contributed by atoms with Gasteiger partial charge in [0.1, 0.15) is 0 Å². The van der Waals surface area contributed by atoms with Crippen LogP contribution in [0.1, 0.15) is 11.1 Å². The topological polar surface area (TPSA) is 132 Å². The Morgan fingerprint density at radius 3 is 1.79 bits per heavy atom. The van der Waals surface area contributed by atoms with Crippen LogP contribution in [0, 0.1) is 0 Å². The van der Waals surface area contributed by atoms with Crippen LogP contribution in [0.25, 0.3) is 0 Å². The van der Waals surface area contributed by atoms with Crippen LogP contribution in [-0.2, 0) is 42.8 Å². The van der Waals surface area contributed by atoms with Crippen molar-refractivity contribution >= 4 is 30.1 Å². The fourth-order valence-electron chi connectivity index (χ4n) is 1.76. The maximum Gasteiger partial charge on any atom is 0.417 e. The lowest BCUT2D eigenvalue weighted by Crippen LogP contribution is -2.34. The molecule has 1 rings (SSSR count). The zero-order valence-corrected chi connectivity index (χ0v) is 14.7. The summed E-state index contributed by atoms with van der Waals surface area (Å²) < 4.78 is 107. The largest absolute Gasteiger partial charge is 0.417 e. The fourth-order valence-corrected chi connectivity index (χ4v) is 5.30. The first-order valence-corrected chi connectivity index (χ1v) is 11.1. The second-order valence-corrected chi connectivity index (χ2v) is 10.4. The van der Waals surface area contributed by atoms with Crippen molar-refractivity contribution in [2.45, 2.75) is 17.6 Å². The van der Waals surface area contributed by atoms with E-state index in [2.05, 4.69) is 0 Å². The van der Waals surface area contributed by atoms with Crippen LogP contribution in [0.15, 0.2) is 23.1 Å². The molecule has 0 radical (unpaired) electrons. The molecule has 0 saturated heterocycles. The Kier molecular flexibility index (Phi) is 5.43. The van der Waals surface area contributed by atoms with E-state index in [9.17, 15) is 38.4 Å². The van der Waals surface area contributed by atoms with Crippen molar-refractivity contribution < 1.29 is 38.4 Å². The van der Waals surface area contributed by atoms with Crippen molar-refractivity contribution in [2.75, 3.05) is 12.5 Å². The summed E-state index contributed by atoms with van der Waals surface area (Å²) >= 11 is 0. The molecule has 0 atom stereocenters. The van der Waals surface area contributed by atoms with Crippen LogP contribution in [0.3, 0.4) is 0 Å². The number of alkyl halides is 3.